The van der Waals surface area contributed by atoms with Crippen LogP contribution < -0.4 is 5.32 Å². The van der Waals surface area contributed by atoms with Crippen molar-refractivity contribution in [1.82, 2.24) is 15.3 Å². The molecule has 0 saturated carbocycles. The minimum absolute atomic E-state index is 0.0789. The van der Waals surface area contributed by atoms with E-state index >= 15 is 0 Å². The SMILES string of the molecule is C[C@H](NC(=O)c1ccnc2ccncc12)[C@@H]1CCOC1. The molecule has 104 valence electrons. The summed E-state index contributed by atoms with van der Waals surface area (Å²) in [5.41, 5.74) is 1.40. The molecule has 2 atom stereocenters. The second kappa shape index (κ2) is 5.54. The molecule has 2 aromatic heterocycles. The number of carbonyl (C=O) groups is 1. The quantitative estimate of drug-likeness (QED) is 0.924. The summed E-state index contributed by atoms with van der Waals surface area (Å²) in [5.74, 6) is 0.315. The molecule has 0 spiro atoms. The van der Waals surface area contributed by atoms with Gasteiger partial charge < -0.3 is 10.1 Å². The summed E-state index contributed by atoms with van der Waals surface area (Å²) >= 11 is 0. The van der Waals surface area contributed by atoms with Gasteiger partial charge >= 0.3 is 0 Å². The molecule has 0 radical (unpaired) electrons. The van der Waals surface area contributed by atoms with Crippen LogP contribution >= 0.6 is 0 Å². The van der Waals surface area contributed by atoms with Crippen LogP contribution in [0.3, 0.4) is 0 Å². The van der Waals surface area contributed by atoms with E-state index in [9.17, 15) is 4.79 Å². The highest BCUT2D eigenvalue weighted by Crippen LogP contribution is 2.18. The molecule has 1 N–H and O–H groups in total. The van der Waals surface area contributed by atoms with Crippen molar-refractivity contribution in [3.8, 4) is 0 Å². The minimum Gasteiger partial charge on any atom is -0.381 e. The topological polar surface area (TPSA) is 64.1 Å². The standard InChI is InChI=1S/C15H17N3O2/c1-10(11-4-7-20-9-11)18-15(19)12-2-6-17-14-3-5-16-8-13(12)14/h2-3,5-6,8,10-11H,4,7,9H2,1H3,(H,18,19)/t10-,11+/m0/s1. The Morgan fingerprint density at radius 3 is 3.15 bits per heavy atom. The third-order valence-corrected chi connectivity index (χ3v) is 3.82. The highest BCUT2D eigenvalue weighted by Gasteiger charge is 2.24. The predicted molar refractivity (Wildman–Crippen MR) is 75.4 cm³/mol. The average molecular weight is 271 g/mol. The molecule has 3 heterocycles. The van der Waals surface area contributed by atoms with Crippen LogP contribution in [0.25, 0.3) is 10.9 Å². The van der Waals surface area contributed by atoms with E-state index in [1.165, 1.54) is 0 Å². The number of amides is 1. The van der Waals surface area contributed by atoms with Gasteiger partial charge in [-0.05, 0) is 25.5 Å². The Bertz CT molecular complexity index is 618. The van der Waals surface area contributed by atoms with Crippen LogP contribution in [0.4, 0.5) is 0 Å². The highest BCUT2D eigenvalue weighted by atomic mass is 16.5. The van der Waals surface area contributed by atoms with Crippen LogP contribution in [0, 0.1) is 5.92 Å². The molecule has 5 heteroatoms. The summed E-state index contributed by atoms with van der Waals surface area (Å²) in [7, 11) is 0. The molecule has 2 aromatic rings. The lowest BCUT2D eigenvalue weighted by atomic mass is 10.00. The van der Waals surface area contributed by atoms with Crippen molar-refractivity contribution in [3.63, 3.8) is 0 Å². The number of aromatic nitrogens is 2. The highest BCUT2D eigenvalue weighted by molar-refractivity contribution is 6.05. The molecular weight excluding hydrogens is 254 g/mol. The first kappa shape index (κ1) is 13.0. The van der Waals surface area contributed by atoms with E-state index in [2.05, 4.69) is 15.3 Å². The van der Waals surface area contributed by atoms with Crippen LogP contribution in [0.2, 0.25) is 0 Å². The number of pyridine rings is 2. The zero-order chi connectivity index (χ0) is 13.9. The molecular formula is C15H17N3O2. The van der Waals surface area contributed by atoms with Crippen molar-refractivity contribution < 1.29 is 9.53 Å². The monoisotopic (exact) mass is 271 g/mol. The van der Waals surface area contributed by atoms with Crippen LogP contribution in [0.5, 0.6) is 0 Å². The molecule has 0 aromatic carbocycles. The number of fused-ring (bicyclic) bond motifs is 1. The lowest BCUT2D eigenvalue weighted by Crippen LogP contribution is -2.38. The number of ether oxygens (including phenoxy) is 1. The van der Waals surface area contributed by atoms with E-state index < -0.39 is 0 Å². The maximum absolute atomic E-state index is 12.4. The van der Waals surface area contributed by atoms with E-state index in [-0.39, 0.29) is 11.9 Å². The molecule has 0 aliphatic carbocycles. The fraction of sp³-hybridized carbons (Fsp3) is 0.400. The van der Waals surface area contributed by atoms with E-state index in [1.807, 2.05) is 6.92 Å². The van der Waals surface area contributed by atoms with E-state index in [1.54, 1.807) is 30.7 Å². The lowest BCUT2D eigenvalue weighted by Gasteiger charge is -2.19. The molecule has 1 aliphatic heterocycles. The van der Waals surface area contributed by atoms with Gasteiger partial charge in [0.25, 0.3) is 5.91 Å². The molecule has 1 aliphatic rings. The Balaban J connectivity index is 1.81. The molecule has 0 unspecified atom stereocenters. The van der Waals surface area contributed by atoms with Gasteiger partial charge in [-0.1, -0.05) is 0 Å². The van der Waals surface area contributed by atoms with Crippen molar-refractivity contribution >= 4 is 16.8 Å². The van der Waals surface area contributed by atoms with E-state index in [4.69, 9.17) is 4.74 Å². The maximum atomic E-state index is 12.4. The van der Waals surface area contributed by atoms with Crippen molar-refractivity contribution in [3.05, 3.63) is 36.3 Å². The fourth-order valence-electron chi connectivity index (χ4n) is 2.54. The number of rotatable bonds is 3. The zero-order valence-corrected chi connectivity index (χ0v) is 11.4. The van der Waals surface area contributed by atoms with Gasteiger partial charge in [-0.2, -0.15) is 0 Å². The Kier molecular flexibility index (Phi) is 3.60. The summed E-state index contributed by atoms with van der Waals surface area (Å²) in [5, 5.41) is 3.84. The minimum atomic E-state index is -0.0789. The van der Waals surface area contributed by atoms with E-state index in [0.29, 0.717) is 11.5 Å². The van der Waals surface area contributed by atoms with Gasteiger partial charge in [0.1, 0.15) is 0 Å². The van der Waals surface area contributed by atoms with Gasteiger partial charge in [-0.3, -0.25) is 14.8 Å². The Morgan fingerprint density at radius 2 is 2.35 bits per heavy atom. The molecule has 20 heavy (non-hydrogen) atoms. The summed E-state index contributed by atoms with van der Waals surface area (Å²) in [6, 6.07) is 3.64. The summed E-state index contributed by atoms with van der Waals surface area (Å²) in [4.78, 5) is 20.7. The van der Waals surface area contributed by atoms with Gasteiger partial charge in [-0.15, -0.1) is 0 Å². The Hall–Kier alpha value is -2.01. The number of nitrogens with zero attached hydrogens (tertiary/aromatic N) is 2. The molecule has 1 saturated heterocycles. The predicted octanol–water partition coefficient (Wildman–Crippen LogP) is 1.78. The van der Waals surface area contributed by atoms with Crippen LogP contribution in [-0.2, 0) is 4.74 Å². The molecule has 3 rings (SSSR count). The summed E-state index contributed by atoms with van der Waals surface area (Å²) in [6.07, 6.45) is 6.01. The number of carbonyl (C=O) groups excluding carboxylic acids is 1. The second-order valence-corrected chi connectivity index (χ2v) is 5.14. The smallest absolute Gasteiger partial charge is 0.252 e. The third-order valence-electron chi connectivity index (χ3n) is 3.82. The van der Waals surface area contributed by atoms with Crippen LogP contribution in [-0.4, -0.2) is 35.1 Å². The summed E-state index contributed by atoms with van der Waals surface area (Å²) < 4.78 is 5.36. The first-order valence-corrected chi connectivity index (χ1v) is 6.83. The zero-order valence-electron chi connectivity index (χ0n) is 11.4. The second-order valence-electron chi connectivity index (χ2n) is 5.14. The van der Waals surface area contributed by atoms with Gasteiger partial charge in [-0.25, -0.2) is 0 Å². The van der Waals surface area contributed by atoms with Gasteiger partial charge in [0.15, 0.2) is 0 Å². The van der Waals surface area contributed by atoms with Gasteiger partial charge in [0.2, 0.25) is 0 Å². The summed E-state index contributed by atoms with van der Waals surface area (Å²) in [6.45, 7) is 3.53. The maximum Gasteiger partial charge on any atom is 0.252 e. The third kappa shape index (κ3) is 2.49. The molecule has 1 amide bonds. The normalized spacial score (nSPS) is 19.9. The largest absolute Gasteiger partial charge is 0.381 e. The van der Waals surface area contributed by atoms with Crippen molar-refractivity contribution in [2.75, 3.05) is 13.2 Å². The number of nitrogens with one attached hydrogen (secondary N) is 1. The van der Waals surface area contributed by atoms with Crippen molar-refractivity contribution in [2.45, 2.75) is 19.4 Å². The molecule has 1 fully saturated rings. The first-order chi connectivity index (χ1) is 9.75. The average Bonchev–Trinajstić information content (AvgIpc) is 3.01. The van der Waals surface area contributed by atoms with Crippen molar-refractivity contribution in [2.24, 2.45) is 5.92 Å². The fourth-order valence-corrected chi connectivity index (χ4v) is 2.54. The van der Waals surface area contributed by atoms with E-state index in [0.717, 1.165) is 30.5 Å². The molecule has 5 nitrogen and oxygen atoms in total. The lowest BCUT2D eigenvalue weighted by molar-refractivity contribution is 0.0924. The van der Waals surface area contributed by atoms with Crippen molar-refractivity contribution in [1.29, 1.82) is 0 Å². The van der Waals surface area contributed by atoms with Gasteiger partial charge in [0, 0.05) is 42.5 Å². The number of hydrogen-bond acceptors (Lipinski definition) is 4. The van der Waals surface area contributed by atoms with Crippen LogP contribution in [0.15, 0.2) is 30.7 Å². The Morgan fingerprint density at radius 1 is 1.45 bits per heavy atom. The first-order valence-electron chi connectivity index (χ1n) is 6.83. The van der Waals surface area contributed by atoms with Gasteiger partial charge in [0.05, 0.1) is 17.7 Å². The number of hydrogen-bond donors (Lipinski definition) is 1. The van der Waals surface area contributed by atoms with Crippen LogP contribution in [0.1, 0.15) is 23.7 Å². The Labute approximate surface area is 117 Å². The molecule has 0 bridgehead atoms.